The monoisotopic (exact) mass is 432 g/mol. The van der Waals surface area contributed by atoms with Crippen LogP contribution in [0.15, 0.2) is 11.1 Å². The van der Waals surface area contributed by atoms with E-state index in [0.717, 1.165) is 32.2 Å². The van der Waals surface area contributed by atoms with E-state index in [1.807, 2.05) is 11.8 Å². The molecule has 2 amide bonds. The van der Waals surface area contributed by atoms with Gasteiger partial charge in [-0.05, 0) is 38.2 Å². The number of aromatic nitrogens is 2. The summed E-state index contributed by atoms with van der Waals surface area (Å²) in [6.07, 6.45) is 5.55. The van der Waals surface area contributed by atoms with Gasteiger partial charge in [-0.1, -0.05) is 6.92 Å². The molecule has 2 aliphatic rings. The van der Waals surface area contributed by atoms with Gasteiger partial charge in [-0.15, -0.1) is 11.3 Å². The van der Waals surface area contributed by atoms with Gasteiger partial charge in [0, 0.05) is 25.7 Å². The molecule has 2 aromatic heterocycles. The lowest BCUT2D eigenvalue weighted by Crippen LogP contribution is -2.43. The van der Waals surface area contributed by atoms with Crippen molar-refractivity contribution in [3.05, 3.63) is 27.1 Å². The van der Waals surface area contributed by atoms with Crippen LogP contribution in [-0.4, -0.2) is 70.1 Å². The predicted octanol–water partition coefficient (Wildman–Crippen LogP) is 2.03. The molecule has 162 valence electrons. The molecular weight excluding hydrogens is 404 g/mol. The van der Waals surface area contributed by atoms with E-state index in [2.05, 4.69) is 11.9 Å². The Kier molecular flexibility index (Phi) is 6.19. The van der Waals surface area contributed by atoms with E-state index >= 15 is 0 Å². The number of aryl methyl sites for hydroxylation is 1. The number of fused-ring (bicyclic) bond motifs is 1. The summed E-state index contributed by atoms with van der Waals surface area (Å²) in [5.41, 5.74) is 0.409. The maximum Gasteiger partial charge on any atom is 0.264 e. The molecule has 2 saturated heterocycles. The van der Waals surface area contributed by atoms with Gasteiger partial charge in [0.2, 0.25) is 5.91 Å². The molecule has 0 aliphatic carbocycles. The van der Waals surface area contributed by atoms with E-state index in [1.165, 1.54) is 22.2 Å². The van der Waals surface area contributed by atoms with Crippen molar-refractivity contribution in [1.29, 1.82) is 0 Å². The van der Waals surface area contributed by atoms with E-state index in [4.69, 9.17) is 4.74 Å². The summed E-state index contributed by atoms with van der Waals surface area (Å²) in [4.78, 5) is 48.1. The number of nitrogens with zero attached hydrogens (tertiary/aromatic N) is 4. The Hall–Kier alpha value is -2.26. The van der Waals surface area contributed by atoms with Gasteiger partial charge in [-0.2, -0.15) is 0 Å². The van der Waals surface area contributed by atoms with Crippen LogP contribution in [-0.2, 0) is 16.1 Å². The molecule has 2 aliphatic heterocycles. The molecule has 9 heteroatoms. The number of morpholine rings is 1. The smallest absolute Gasteiger partial charge is 0.264 e. The summed E-state index contributed by atoms with van der Waals surface area (Å²) in [6, 6.07) is 0.256. The van der Waals surface area contributed by atoms with Gasteiger partial charge < -0.3 is 14.5 Å². The zero-order chi connectivity index (χ0) is 21.3. The molecule has 0 aromatic carbocycles. The number of piperidine rings is 1. The lowest BCUT2D eigenvalue weighted by atomic mass is 9.99. The fourth-order valence-corrected chi connectivity index (χ4v) is 5.45. The van der Waals surface area contributed by atoms with Crippen LogP contribution in [0.5, 0.6) is 0 Å². The Bertz CT molecular complexity index is 1010. The first kappa shape index (κ1) is 21.0. The zero-order valence-electron chi connectivity index (χ0n) is 17.6. The third-order valence-electron chi connectivity index (χ3n) is 6.14. The van der Waals surface area contributed by atoms with E-state index in [9.17, 15) is 14.4 Å². The molecule has 2 aromatic rings. The number of thiophene rings is 1. The molecule has 2 fully saturated rings. The Balaban J connectivity index is 1.62. The van der Waals surface area contributed by atoms with Gasteiger partial charge in [-0.3, -0.25) is 19.0 Å². The normalized spacial score (nSPS) is 20.0. The average molecular weight is 433 g/mol. The standard InChI is InChI=1S/C21H28N4O4S/c1-3-15-6-4-5-7-25(15)21(28)18-14(2)17-19(30-18)22-13-24(20(17)27)12-16(26)23-8-10-29-11-9-23/h13,15H,3-12H2,1-2H3. The number of carbonyl (C=O) groups excluding carboxylic acids is 2. The first-order valence-corrected chi connectivity index (χ1v) is 11.5. The van der Waals surface area contributed by atoms with E-state index in [-0.39, 0.29) is 30.0 Å². The van der Waals surface area contributed by atoms with Crippen molar-refractivity contribution in [2.45, 2.75) is 52.1 Å². The summed E-state index contributed by atoms with van der Waals surface area (Å²) >= 11 is 1.28. The second-order valence-corrected chi connectivity index (χ2v) is 8.96. The molecule has 4 heterocycles. The third kappa shape index (κ3) is 3.88. The van der Waals surface area contributed by atoms with Crippen LogP contribution in [0.3, 0.4) is 0 Å². The van der Waals surface area contributed by atoms with Crippen molar-refractivity contribution in [2.24, 2.45) is 0 Å². The molecule has 0 spiro atoms. The first-order valence-electron chi connectivity index (χ1n) is 10.7. The quantitative estimate of drug-likeness (QED) is 0.738. The van der Waals surface area contributed by atoms with Crippen LogP contribution < -0.4 is 5.56 Å². The number of likely N-dealkylation sites (tertiary alicyclic amines) is 1. The first-order chi connectivity index (χ1) is 14.5. The molecule has 1 unspecified atom stereocenters. The number of ether oxygens (including phenoxy) is 1. The summed E-state index contributed by atoms with van der Waals surface area (Å²) < 4.78 is 6.63. The van der Waals surface area contributed by atoms with Crippen molar-refractivity contribution < 1.29 is 14.3 Å². The SMILES string of the molecule is CCC1CCCCN1C(=O)c1sc2ncn(CC(=O)N3CCOCC3)c(=O)c2c1C. The number of amides is 2. The van der Waals surface area contributed by atoms with Gasteiger partial charge in [0.05, 0.1) is 29.8 Å². The molecule has 1 atom stereocenters. The molecule has 0 bridgehead atoms. The average Bonchev–Trinajstić information content (AvgIpc) is 3.12. The zero-order valence-corrected chi connectivity index (χ0v) is 18.4. The minimum atomic E-state index is -0.264. The largest absolute Gasteiger partial charge is 0.378 e. The van der Waals surface area contributed by atoms with Crippen LogP contribution in [0.2, 0.25) is 0 Å². The minimum absolute atomic E-state index is 0.00241. The highest BCUT2D eigenvalue weighted by molar-refractivity contribution is 7.20. The van der Waals surface area contributed by atoms with E-state index in [0.29, 0.717) is 47.0 Å². The lowest BCUT2D eigenvalue weighted by Gasteiger charge is -2.35. The van der Waals surface area contributed by atoms with Gasteiger partial charge >= 0.3 is 0 Å². The van der Waals surface area contributed by atoms with Crippen molar-refractivity contribution in [3.63, 3.8) is 0 Å². The Labute approximate surface area is 179 Å². The van der Waals surface area contributed by atoms with Gasteiger partial charge in [0.1, 0.15) is 11.4 Å². The number of carbonyl (C=O) groups is 2. The maximum atomic E-state index is 13.3. The van der Waals surface area contributed by atoms with Crippen molar-refractivity contribution in [2.75, 3.05) is 32.8 Å². The second-order valence-electron chi connectivity index (χ2n) is 7.96. The predicted molar refractivity (Wildman–Crippen MR) is 115 cm³/mol. The Morgan fingerprint density at radius 2 is 2.00 bits per heavy atom. The molecule has 0 saturated carbocycles. The topological polar surface area (TPSA) is 84.7 Å². The maximum absolute atomic E-state index is 13.3. The van der Waals surface area contributed by atoms with Crippen LogP contribution in [0.25, 0.3) is 10.2 Å². The molecule has 4 rings (SSSR count). The van der Waals surface area contributed by atoms with Crippen LogP contribution in [0.1, 0.15) is 47.8 Å². The number of hydrogen-bond donors (Lipinski definition) is 0. The molecular formula is C21H28N4O4S. The highest BCUT2D eigenvalue weighted by atomic mass is 32.1. The Morgan fingerprint density at radius 3 is 2.73 bits per heavy atom. The third-order valence-corrected chi connectivity index (χ3v) is 7.33. The van der Waals surface area contributed by atoms with Gasteiger partial charge in [-0.25, -0.2) is 4.98 Å². The van der Waals surface area contributed by atoms with Gasteiger partial charge in [0.15, 0.2) is 0 Å². The second kappa shape index (κ2) is 8.85. The fourth-order valence-electron chi connectivity index (χ4n) is 4.36. The van der Waals surface area contributed by atoms with E-state index in [1.54, 1.807) is 4.90 Å². The molecule has 30 heavy (non-hydrogen) atoms. The van der Waals surface area contributed by atoms with Gasteiger partial charge in [0.25, 0.3) is 11.5 Å². The molecule has 0 radical (unpaired) electrons. The molecule has 0 N–H and O–H groups in total. The minimum Gasteiger partial charge on any atom is -0.378 e. The number of rotatable bonds is 4. The van der Waals surface area contributed by atoms with Crippen molar-refractivity contribution in [3.8, 4) is 0 Å². The highest BCUT2D eigenvalue weighted by Crippen LogP contribution is 2.30. The van der Waals surface area contributed by atoms with Crippen molar-refractivity contribution in [1.82, 2.24) is 19.4 Å². The highest BCUT2D eigenvalue weighted by Gasteiger charge is 2.30. The van der Waals surface area contributed by atoms with Crippen molar-refractivity contribution >= 4 is 33.4 Å². The van der Waals surface area contributed by atoms with Crippen LogP contribution in [0, 0.1) is 6.92 Å². The number of hydrogen-bond acceptors (Lipinski definition) is 6. The fraction of sp³-hybridized carbons (Fsp3) is 0.619. The van der Waals surface area contributed by atoms with E-state index < -0.39 is 0 Å². The molecule has 8 nitrogen and oxygen atoms in total. The Morgan fingerprint density at radius 1 is 1.23 bits per heavy atom. The lowest BCUT2D eigenvalue weighted by molar-refractivity contribution is -0.135. The summed E-state index contributed by atoms with van der Waals surface area (Å²) in [7, 11) is 0. The van der Waals surface area contributed by atoms with Crippen LogP contribution in [0.4, 0.5) is 0 Å². The summed E-state index contributed by atoms with van der Waals surface area (Å²) in [5.74, 6) is -0.123. The van der Waals surface area contributed by atoms with Crippen LogP contribution >= 0.6 is 11.3 Å². The summed E-state index contributed by atoms with van der Waals surface area (Å²) in [5, 5.41) is 0.450. The summed E-state index contributed by atoms with van der Waals surface area (Å²) in [6.45, 7) is 6.74.